The highest BCUT2D eigenvalue weighted by Gasteiger charge is 2.11. The summed E-state index contributed by atoms with van der Waals surface area (Å²) in [5.41, 5.74) is 1.01. The number of hydrogen-bond acceptors (Lipinski definition) is 5. The third kappa shape index (κ3) is 8.06. The van der Waals surface area contributed by atoms with Gasteiger partial charge in [0.2, 0.25) is 5.91 Å². The van der Waals surface area contributed by atoms with Gasteiger partial charge in [0.05, 0.1) is 39.3 Å². The Hall–Kier alpha value is -1.92. The molecular weight excluding hydrogens is 274 g/mol. The van der Waals surface area contributed by atoms with Gasteiger partial charge < -0.3 is 19.9 Å². The van der Waals surface area contributed by atoms with Gasteiger partial charge in [-0.3, -0.25) is 9.59 Å². The highest BCUT2D eigenvalue weighted by atomic mass is 16.5. The van der Waals surface area contributed by atoms with E-state index in [-0.39, 0.29) is 37.9 Å². The predicted molar refractivity (Wildman–Crippen MR) is 76.4 cm³/mol. The van der Waals surface area contributed by atoms with Crippen LogP contribution in [-0.2, 0) is 25.7 Å². The average Bonchev–Trinajstić information content (AvgIpc) is 2.48. The Morgan fingerprint density at radius 1 is 1.29 bits per heavy atom. The number of nitrogens with one attached hydrogen (secondary N) is 1. The minimum absolute atomic E-state index is 0.0596. The van der Waals surface area contributed by atoms with Gasteiger partial charge in [0.25, 0.3) is 0 Å². The van der Waals surface area contributed by atoms with Crippen LogP contribution in [0.5, 0.6) is 0 Å². The second kappa shape index (κ2) is 9.90. The van der Waals surface area contributed by atoms with Crippen molar-refractivity contribution in [1.29, 1.82) is 0 Å². The number of hydrogen-bond donors (Lipinski definition) is 2. The first-order valence-electron chi connectivity index (χ1n) is 6.75. The molecule has 0 spiro atoms. The maximum Gasteiger partial charge on any atom is 0.307 e. The summed E-state index contributed by atoms with van der Waals surface area (Å²) in [6, 6.07) is 9.57. The van der Waals surface area contributed by atoms with Crippen LogP contribution in [0.4, 0.5) is 0 Å². The molecule has 1 aromatic carbocycles. The number of benzene rings is 1. The SMILES string of the molecule is COC(=O)CCNC(=O)CC(O)COCc1ccccc1. The van der Waals surface area contributed by atoms with Crippen LogP contribution in [0.2, 0.25) is 0 Å². The summed E-state index contributed by atoms with van der Waals surface area (Å²) in [6.07, 6.45) is -0.814. The molecular formula is C15H21NO5. The largest absolute Gasteiger partial charge is 0.469 e. The number of carbonyl (C=O) groups is 2. The molecule has 1 aromatic rings. The molecule has 1 amide bonds. The standard InChI is InChI=1S/C15H21NO5/c1-20-15(19)7-8-16-14(18)9-13(17)11-21-10-12-5-3-2-4-6-12/h2-6,13,17H,7-11H2,1H3,(H,16,18). The lowest BCUT2D eigenvalue weighted by atomic mass is 10.2. The number of esters is 1. The molecule has 0 heterocycles. The maximum atomic E-state index is 11.5. The summed E-state index contributed by atoms with van der Waals surface area (Å²) in [5.74, 6) is -0.711. The molecule has 0 saturated carbocycles. The Morgan fingerprint density at radius 2 is 2.00 bits per heavy atom. The molecule has 0 aliphatic heterocycles. The fourth-order valence-corrected chi connectivity index (χ4v) is 1.64. The fraction of sp³-hybridized carbons (Fsp3) is 0.467. The molecule has 2 N–H and O–H groups in total. The molecule has 1 unspecified atom stereocenters. The number of ether oxygens (including phenoxy) is 2. The van der Waals surface area contributed by atoms with Crippen LogP contribution < -0.4 is 5.32 Å². The smallest absolute Gasteiger partial charge is 0.307 e. The molecule has 6 heteroatoms. The third-order valence-corrected chi connectivity index (χ3v) is 2.72. The van der Waals surface area contributed by atoms with Gasteiger partial charge in [0.1, 0.15) is 0 Å². The molecule has 1 atom stereocenters. The van der Waals surface area contributed by atoms with Crippen LogP contribution in [0.25, 0.3) is 0 Å². The van der Waals surface area contributed by atoms with Crippen molar-refractivity contribution in [3.63, 3.8) is 0 Å². The van der Waals surface area contributed by atoms with Gasteiger partial charge in [0.15, 0.2) is 0 Å². The minimum atomic E-state index is -0.869. The van der Waals surface area contributed by atoms with Crippen LogP contribution in [-0.4, -0.2) is 43.3 Å². The third-order valence-electron chi connectivity index (χ3n) is 2.72. The monoisotopic (exact) mass is 295 g/mol. The Morgan fingerprint density at radius 3 is 2.67 bits per heavy atom. The zero-order chi connectivity index (χ0) is 15.5. The van der Waals surface area contributed by atoms with E-state index in [1.807, 2.05) is 30.3 Å². The number of methoxy groups -OCH3 is 1. The molecule has 116 valence electrons. The first-order chi connectivity index (χ1) is 10.1. The van der Waals surface area contributed by atoms with E-state index in [0.29, 0.717) is 6.61 Å². The van der Waals surface area contributed by atoms with Gasteiger partial charge in [-0.05, 0) is 5.56 Å². The summed E-state index contributed by atoms with van der Waals surface area (Å²) in [7, 11) is 1.29. The Labute approximate surface area is 124 Å². The van der Waals surface area contributed by atoms with Crippen molar-refractivity contribution in [2.45, 2.75) is 25.6 Å². The van der Waals surface area contributed by atoms with Crippen molar-refractivity contribution in [1.82, 2.24) is 5.32 Å². The minimum Gasteiger partial charge on any atom is -0.469 e. The van der Waals surface area contributed by atoms with E-state index in [0.717, 1.165) is 5.56 Å². The van der Waals surface area contributed by atoms with Crippen molar-refractivity contribution < 1.29 is 24.2 Å². The van der Waals surface area contributed by atoms with Crippen molar-refractivity contribution in [3.05, 3.63) is 35.9 Å². The maximum absolute atomic E-state index is 11.5. The Bertz CT molecular complexity index is 435. The van der Waals surface area contributed by atoms with E-state index in [1.165, 1.54) is 7.11 Å². The molecule has 0 aliphatic carbocycles. The molecule has 0 saturated heterocycles. The lowest BCUT2D eigenvalue weighted by Crippen LogP contribution is -2.31. The first kappa shape index (κ1) is 17.1. The van der Waals surface area contributed by atoms with Crippen LogP contribution in [0.15, 0.2) is 30.3 Å². The quantitative estimate of drug-likeness (QED) is 0.653. The van der Waals surface area contributed by atoms with E-state index in [2.05, 4.69) is 10.1 Å². The van der Waals surface area contributed by atoms with E-state index >= 15 is 0 Å². The zero-order valence-electron chi connectivity index (χ0n) is 12.1. The van der Waals surface area contributed by atoms with Crippen molar-refractivity contribution in [3.8, 4) is 0 Å². The zero-order valence-corrected chi connectivity index (χ0v) is 12.1. The predicted octanol–water partition coefficient (Wildman–Crippen LogP) is 0.633. The second-order valence-corrected chi connectivity index (χ2v) is 4.53. The number of aliphatic hydroxyl groups excluding tert-OH is 1. The Balaban J connectivity index is 2.11. The summed E-state index contributed by atoms with van der Waals surface area (Å²) < 4.78 is 9.79. The summed E-state index contributed by atoms with van der Waals surface area (Å²) >= 11 is 0. The van der Waals surface area contributed by atoms with Gasteiger partial charge in [-0.2, -0.15) is 0 Å². The van der Waals surface area contributed by atoms with Crippen molar-refractivity contribution in [2.24, 2.45) is 0 Å². The molecule has 0 bridgehead atoms. The van der Waals surface area contributed by atoms with Gasteiger partial charge in [-0.1, -0.05) is 30.3 Å². The van der Waals surface area contributed by atoms with E-state index in [4.69, 9.17) is 4.74 Å². The lowest BCUT2D eigenvalue weighted by molar-refractivity contribution is -0.140. The molecule has 21 heavy (non-hydrogen) atoms. The summed E-state index contributed by atoms with van der Waals surface area (Å²) in [6.45, 7) is 0.671. The van der Waals surface area contributed by atoms with Crippen molar-refractivity contribution >= 4 is 11.9 Å². The van der Waals surface area contributed by atoms with Gasteiger partial charge in [0, 0.05) is 6.54 Å². The molecule has 0 fully saturated rings. The topological polar surface area (TPSA) is 84.9 Å². The van der Waals surface area contributed by atoms with E-state index in [9.17, 15) is 14.7 Å². The summed E-state index contributed by atoms with van der Waals surface area (Å²) in [5, 5.41) is 12.2. The highest BCUT2D eigenvalue weighted by Crippen LogP contribution is 2.02. The number of carbonyl (C=O) groups excluding carboxylic acids is 2. The molecule has 1 rings (SSSR count). The van der Waals surface area contributed by atoms with Crippen molar-refractivity contribution in [2.75, 3.05) is 20.3 Å². The van der Waals surface area contributed by atoms with E-state index < -0.39 is 6.10 Å². The lowest BCUT2D eigenvalue weighted by Gasteiger charge is -2.11. The fourth-order valence-electron chi connectivity index (χ4n) is 1.64. The average molecular weight is 295 g/mol. The molecule has 0 aromatic heterocycles. The molecule has 0 radical (unpaired) electrons. The molecule has 6 nitrogen and oxygen atoms in total. The number of amides is 1. The number of rotatable bonds is 9. The Kier molecular flexibility index (Phi) is 8.08. The van der Waals surface area contributed by atoms with Gasteiger partial charge >= 0.3 is 5.97 Å². The highest BCUT2D eigenvalue weighted by molar-refractivity contribution is 5.77. The summed E-state index contributed by atoms with van der Waals surface area (Å²) in [4.78, 5) is 22.3. The molecule has 0 aliphatic rings. The van der Waals surface area contributed by atoms with E-state index in [1.54, 1.807) is 0 Å². The van der Waals surface area contributed by atoms with Gasteiger partial charge in [-0.15, -0.1) is 0 Å². The first-order valence-corrected chi connectivity index (χ1v) is 6.75. The number of aliphatic hydroxyl groups is 1. The second-order valence-electron chi connectivity index (χ2n) is 4.53. The van der Waals surface area contributed by atoms with Crippen LogP contribution in [0.3, 0.4) is 0 Å². The van der Waals surface area contributed by atoms with Crippen LogP contribution in [0, 0.1) is 0 Å². The van der Waals surface area contributed by atoms with Gasteiger partial charge in [-0.25, -0.2) is 0 Å². The van der Waals surface area contributed by atoms with Crippen LogP contribution in [0.1, 0.15) is 18.4 Å². The normalized spacial score (nSPS) is 11.7. The van der Waals surface area contributed by atoms with Crippen LogP contribution >= 0.6 is 0 Å².